The summed E-state index contributed by atoms with van der Waals surface area (Å²) in [5.41, 5.74) is 0. The number of carbonyl (C=O) groups is 2. The number of rotatable bonds is 8. The maximum absolute atomic E-state index is 12.4. The molecule has 2 N–H and O–H groups in total. The van der Waals surface area contributed by atoms with Gasteiger partial charge in [-0.3, -0.25) is 19.4 Å². The summed E-state index contributed by atoms with van der Waals surface area (Å²) in [7, 11) is 0. The number of nitrogens with one attached hydrogen (secondary N) is 1. The molecule has 1 heterocycles. The molecule has 1 unspecified atom stereocenters. The fourth-order valence-electron chi connectivity index (χ4n) is 3.65. The van der Waals surface area contributed by atoms with Gasteiger partial charge in [0.25, 0.3) is 0 Å². The number of hydrogen-bond acceptors (Lipinski definition) is 4. The number of nitrogens with zero attached hydrogens (tertiary/aromatic N) is 2. The lowest BCUT2D eigenvalue weighted by molar-refractivity contribution is -0.140. The molecule has 0 aromatic heterocycles. The molecule has 2 fully saturated rings. The molecule has 22 heavy (non-hydrogen) atoms. The molecule has 2 rings (SSSR count). The molecule has 0 aromatic rings. The predicted octanol–water partition coefficient (Wildman–Crippen LogP) is 0.915. The SMILES string of the molecule is CCCN1CCCC1C(=O)NC1CC(N(CC)CC(=O)O)C1. The summed E-state index contributed by atoms with van der Waals surface area (Å²) < 4.78 is 0. The third-order valence-electron chi connectivity index (χ3n) is 4.90. The second-order valence-corrected chi connectivity index (χ2v) is 6.48. The summed E-state index contributed by atoms with van der Waals surface area (Å²) in [5, 5.41) is 12.1. The van der Waals surface area contributed by atoms with E-state index in [0.717, 1.165) is 51.7 Å². The third kappa shape index (κ3) is 4.20. The first kappa shape index (κ1) is 17.2. The van der Waals surface area contributed by atoms with Crippen molar-refractivity contribution in [2.75, 3.05) is 26.2 Å². The molecular formula is C16H29N3O3. The van der Waals surface area contributed by atoms with E-state index in [9.17, 15) is 9.59 Å². The summed E-state index contributed by atoms with van der Waals surface area (Å²) >= 11 is 0. The fourth-order valence-corrected chi connectivity index (χ4v) is 3.65. The van der Waals surface area contributed by atoms with E-state index in [1.807, 2.05) is 11.8 Å². The van der Waals surface area contributed by atoms with E-state index in [-0.39, 0.29) is 24.5 Å². The summed E-state index contributed by atoms with van der Waals surface area (Å²) in [5.74, 6) is -0.619. The lowest BCUT2D eigenvalue weighted by Crippen LogP contribution is -2.57. The van der Waals surface area contributed by atoms with Crippen LogP contribution in [0.25, 0.3) is 0 Å². The van der Waals surface area contributed by atoms with E-state index in [0.29, 0.717) is 6.04 Å². The minimum absolute atomic E-state index is 0.0419. The van der Waals surface area contributed by atoms with Crippen molar-refractivity contribution in [1.29, 1.82) is 0 Å². The Bertz CT molecular complexity index is 396. The summed E-state index contributed by atoms with van der Waals surface area (Å²) in [6.07, 6.45) is 4.88. The van der Waals surface area contributed by atoms with Crippen molar-refractivity contribution in [2.24, 2.45) is 0 Å². The van der Waals surface area contributed by atoms with Crippen LogP contribution in [0.1, 0.15) is 46.0 Å². The van der Waals surface area contributed by atoms with Gasteiger partial charge in [-0.1, -0.05) is 13.8 Å². The molecule has 6 heteroatoms. The fraction of sp³-hybridized carbons (Fsp3) is 0.875. The van der Waals surface area contributed by atoms with Crippen LogP contribution in [-0.2, 0) is 9.59 Å². The zero-order valence-corrected chi connectivity index (χ0v) is 13.8. The van der Waals surface area contributed by atoms with Gasteiger partial charge in [0.15, 0.2) is 0 Å². The molecule has 1 amide bonds. The van der Waals surface area contributed by atoms with Crippen molar-refractivity contribution in [3.8, 4) is 0 Å². The first-order valence-electron chi connectivity index (χ1n) is 8.55. The lowest BCUT2D eigenvalue weighted by Gasteiger charge is -2.42. The number of likely N-dealkylation sites (N-methyl/N-ethyl adjacent to an activating group) is 1. The Hall–Kier alpha value is -1.14. The van der Waals surface area contributed by atoms with E-state index >= 15 is 0 Å². The Morgan fingerprint density at radius 3 is 2.64 bits per heavy atom. The van der Waals surface area contributed by atoms with Gasteiger partial charge in [0.2, 0.25) is 5.91 Å². The van der Waals surface area contributed by atoms with Crippen molar-refractivity contribution in [2.45, 2.75) is 64.1 Å². The molecule has 0 bridgehead atoms. The molecule has 1 aliphatic heterocycles. The first-order chi connectivity index (χ1) is 10.5. The van der Waals surface area contributed by atoms with Crippen LogP contribution in [0.15, 0.2) is 0 Å². The zero-order valence-electron chi connectivity index (χ0n) is 13.8. The molecular weight excluding hydrogens is 282 g/mol. The van der Waals surface area contributed by atoms with Gasteiger partial charge >= 0.3 is 5.97 Å². The van der Waals surface area contributed by atoms with Crippen molar-refractivity contribution in [1.82, 2.24) is 15.1 Å². The second-order valence-electron chi connectivity index (χ2n) is 6.48. The molecule has 0 radical (unpaired) electrons. The monoisotopic (exact) mass is 311 g/mol. The number of aliphatic carboxylic acids is 1. The van der Waals surface area contributed by atoms with Gasteiger partial charge in [0, 0.05) is 12.1 Å². The molecule has 1 saturated heterocycles. The molecule has 2 aliphatic rings. The maximum Gasteiger partial charge on any atom is 0.317 e. The van der Waals surface area contributed by atoms with Crippen molar-refractivity contribution >= 4 is 11.9 Å². The van der Waals surface area contributed by atoms with Gasteiger partial charge in [0.05, 0.1) is 12.6 Å². The van der Waals surface area contributed by atoms with Crippen LogP contribution in [-0.4, -0.2) is 71.1 Å². The quantitative estimate of drug-likeness (QED) is 0.697. The highest BCUT2D eigenvalue weighted by atomic mass is 16.4. The standard InChI is InChI=1S/C16H29N3O3/c1-3-7-19-8-5-6-14(19)16(22)17-12-9-13(10-12)18(4-2)11-15(20)21/h12-14H,3-11H2,1-2H3,(H,17,22)(H,20,21). The van der Waals surface area contributed by atoms with Gasteiger partial charge in [-0.25, -0.2) is 0 Å². The number of likely N-dealkylation sites (tertiary alicyclic amines) is 1. The van der Waals surface area contributed by atoms with E-state index in [1.54, 1.807) is 0 Å². The molecule has 1 saturated carbocycles. The van der Waals surface area contributed by atoms with Crippen molar-refractivity contribution in [3.63, 3.8) is 0 Å². The molecule has 1 atom stereocenters. The number of carbonyl (C=O) groups excluding carboxylic acids is 1. The van der Waals surface area contributed by atoms with Gasteiger partial charge in [-0.2, -0.15) is 0 Å². The molecule has 1 aliphatic carbocycles. The van der Waals surface area contributed by atoms with Crippen LogP contribution in [0.5, 0.6) is 0 Å². The highest BCUT2D eigenvalue weighted by Gasteiger charge is 2.37. The van der Waals surface area contributed by atoms with Gasteiger partial charge in [-0.15, -0.1) is 0 Å². The van der Waals surface area contributed by atoms with Crippen molar-refractivity contribution in [3.05, 3.63) is 0 Å². The number of carboxylic acid groups (broad SMARTS) is 1. The van der Waals surface area contributed by atoms with Crippen molar-refractivity contribution < 1.29 is 14.7 Å². The molecule has 0 spiro atoms. The number of hydrogen-bond donors (Lipinski definition) is 2. The number of amides is 1. The van der Waals surface area contributed by atoms with Gasteiger partial charge in [-0.05, 0) is 51.7 Å². The minimum atomic E-state index is -0.782. The molecule has 126 valence electrons. The minimum Gasteiger partial charge on any atom is -0.480 e. The zero-order chi connectivity index (χ0) is 16.1. The van der Waals surface area contributed by atoms with Crippen LogP contribution >= 0.6 is 0 Å². The number of carboxylic acids is 1. The van der Waals surface area contributed by atoms with E-state index in [1.165, 1.54) is 0 Å². The van der Waals surface area contributed by atoms with Gasteiger partial charge in [0.1, 0.15) is 0 Å². The highest BCUT2D eigenvalue weighted by Crippen LogP contribution is 2.26. The van der Waals surface area contributed by atoms with Crippen LogP contribution in [0.2, 0.25) is 0 Å². The Morgan fingerprint density at radius 1 is 1.32 bits per heavy atom. The summed E-state index contributed by atoms with van der Waals surface area (Å²) in [4.78, 5) is 27.5. The molecule has 0 aromatic carbocycles. The summed E-state index contributed by atoms with van der Waals surface area (Å²) in [6, 6.07) is 0.548. The topological polar surface area (TPSA) is 72.9 Å². The van der Waals surface area contributed by atoms with Crippen LogP contribution < -0.4 is 5.32 Å². The summed E-state index contributed by atoms with van der Waals surface area (Å²) in [6.45, 7) is 6.98. The Balaban J connectivity index is 1.74. The smallest absolute Gasteiger partial charge is 0.317 e. The lowest BCUT2D eigenvalue weighted by atomic mass is 9.85. The largest absolute Gasteiger partial charge is 0.480 e. The Kier molecular flexibility index (Phi) is 6.20. The predicted molar refractivity (Wildman–Crippen MR) is 84.7 cm³/mol. The Labute approximate surface area is 132 Å². The third-order valence-corrected chi connectivity index (χ3v) is 4.90. The average Bonchev–Trinajstić information content (AvgIpc) is 2.88. The van der Waals surface area contributed by atoms with E-state index < -0.39 is 5.97 Å². The first-order valence-corrected chi connectivity index (χ1v) is 8.55. The van der Waals surface area contributed by atoms with E-state index in [2.05, 4.69) is 17.1 Å². The average molecular weight is 311 g/mol. The van der Waals surface area contributed by atoms with Crippen LogP contribution in [0.4, 0.5) is 0 Å². The highest BCUT2D eigenvalue weighted by molar-refractivity contribution is 5.82. The molecule has 6 nitrogen and oxygen atoms in total. The van der Waals surface area contributed by atoms with Gasteiger partial charge < -0.3 is 10.4 Å². The normalized spacial score (nSPS) is 28.6. The van der Waals surface area contributed by atoms with Crippen LogP contribution in [0.3, 0.4) is 0 Å². The van der Waals surface area contributed by atoms with E-state index in [4.69, 9.17) is 5.11 Å². The maximum atomic E-state index is 12.4. The van der Waals surface area contributed by atoms with Crippen LogP contribution in [0, 0.1) is 0 Å². The Morgan fingerprint density at radius 2 is 2.05 bits per heavy atom. The second kappa shape index (κ2) is 7.92.